The van der Waals surface area contributed by atoms with E-state index in [2.05, 4.69) is 15.5 Å². The van der Waals surface area contributed by atoms with Crippen molar-refractivity contribution in [2.45, 2.75) is 37.5 Å². The van der Waals surface area contributed by atoms with Crippen molar-refractivity contribution in [2.24, 2.45) is 5.92 Å². The molecular weight excluding hydrogens is 406 g/mol. The lowest BCUT2D eigenvalue weighted by Gasteiger charge is -2.41. The fourth-order valence-corrected chi connectivity index (χ4v) is 4.56. The van der Waals surface area contributed by atoms with E-state index in [1.54, 1.807) is 13.3 Å². The number of nitrogens with one attached hydrogen (secondary N) is 1. The number of amides is 2. The number of aromatic nitrogens is 3. The van der Waals surface area contributed by atoms with Crippen molar-refractivity contribution >= 4 is 11.7 Å². The fourth-order valence-electron chi connectivity index (χ4n) is 4.56. The van der Waals surface area contributed by atoms with E-state index in [1.807, 2.05) is 47.4 Å². The second-order valence-electron chi connectivity index (χ2n) is 8.75. The van der Waals surface area contributed by atoms with Gasteiger partial charge in [0.2, 0.25) is 0 Å². The van der Waals surface area contributed by atoms with Crippen molar-refractivity contribution in [1.82, 2.24) is 20.0 Å². The molecule has 5 rings (SSSR count). The number of nitrogens with zero attached hydrogens (tertiary/aromatic N) is 4. The van der Waals surface area contributed by atoms with Crippen LogP contribution in [0.5, 0.6) is 5.75 Å². The minimum absolute atomic E-state index is 0.119. The Balaban J connectivity index is 1.37. The largest absolute Gasteiger partial charge is 0.497 e. The van der Waals surface area contributed by atoms with Gasteiger partial charge in [0.15, 0.2) is 5.82 Å². The van der Waals surface area contributed by atoms with E-state index in [4.69, 9.17) is 14.2 Å². The number of rotatable bonds is 6. The van der Waals surface area contributed by atoms with Crippen molar-refractivity contribution in [3.8, 4) is 17.3 Å². The van der Waals surface area contributed by atoms with Gasteiger partial charge in [0, 0.05) is 31.0 Å². The quantitative estimate of drug-likeness (QED) is 0.615. The molecule has 1 aromatic carbocycles. The average molecular weight is 434 g/mol. The van der Waals surface area contributed by atoms with Gasteiger partial charge >= 0.3 is 6.03 Å². The normalized spacial score (nSPS) is 20.7. The lowest BCUT2D eigenvalue weighted by atomic mass is 9.75. The van der Waals surface area contributed by atoms with Crippen LogP contribution in [0.15, 0.2) is 53.2 Å². The highest BCUT2D eigenvalue weighted by atomic mass is 16.5. The summed E-state index contributed by atoms with van der Waals surface area (Å²) in [6, 6.07) is 12.9. The molecule has 2 aromatic heterocycles. The van der Waals surface area contributed by atoms with E-state index in [9.17, 15) is 4.79 Å². The van der Waals surface area contributed by atoms with Crippen molar-refractivity contribution in [2.75, 3.05) is 25.5 Å². The van der Waals surface area contributed by atoms with Crippen LogP contribution in [-0.2, 0) is 5.41 Å². The van der Waals surface area contributed by atoms with Crippen LogP contribution in [0.2, 0.25) is 0 Å². The molecule has 3 heterocycles. The third-order valence-electron chi connectivity index (χ3n) is 6.35. The Kier molecular flexibility index (Phi) is 5.51. The van der Waals surface area contributed by atoms with E-state index in [0.717, 1.165) is 19.3 Å². The average Bonchev–Trinajstić information content (AvgIpc) is 3.49. The first kappa shape index (κ1) is 20.5. The van der Waals surface area contributed by atoms with Crippen molar-refractivity contribution < 1.29 is 14.1 Å². The highest BCUT2D eigenvalue weighted by Gasteiger charge is 2.46. The molecule has 0 bridgehead atoms. The summed E-state index contributed by atoms with van der Waals surface area (Å²) in [7, 11) is 1.61. The van der Waals surface area contributed by atoms with Crippen LogP contribution < -0.4 is 10.1 Å². The molecule has 1 saturated carbocycles. The summed E-state index contributed by atoms with van der Waals surface area (Å²) in [5.41, 5.74) is 1.07. The second kappa shape index (κ2) is 8.61. The van der Waals surface area contributed by atoms with E-state index in [-0.39, 0.29) is 11.4 Å². The van der Waals surface area contributed by atoms with E-state index >= 15 is 0 Å². The van der Waals surface area contributed by atoms with Gasteiger partial charge in [-0.15, -0.1) is 0 Å². The van der Waals surface area contributed by atoms with Gasteiger partial charge in [-0.25, -0.2) is 4.79 Å². The molecule has 0 radical (unpaired) electrons. The summed E-state index contributed by atoms with van der Waals surface area (Å²) in [5, 5.41) is 7.38. The summed E-state index contributed by atoms with van der Waals surface area (Å²) in [6.45, 7) is 1.27. The Hall–Kier alpha value is -3.42. The molecule has 0 spiro atoms. The number of hydrogen-bond donors (Lipinski definition) is 1. The van der Waals surface area contributed by atoms with Crippen LogP contribution in [0.25, 0.3) is 11.6 Å². The Morgan fingerprint density at radius 2 is 2.19 bits per heavy atom. The van der Waals surface area contributed by atoms with Crippen LogP contribution in [0.3, 0.4) is 0 Å². The predicted molar refractivity (Wildman–Crippen MR) is 119 cm³/mol. The monoisotopic (exact) mass is 433 g/mol. The van der Waals surface area contributed by atoms with Gasteiger partial charge in [-0.1, -0.05) is 30.1 Å². The van der Waals surface area contributed by atoms with E-state index in [1.165, 1.54) is 12.8 Å². The zero-order chi connectivity index (χ0) is 22.0. The predicted octanol–water partition coefficient (Wildman–Crippen LogP) is 4.51. The van der Waals surface area contributed by atoms with Gasteiger partial charge in [0.25, 0.3) is 5.89 Å². The molecule has 1 aliphatic carbocycles. The number of likely N-dealkylation sites (tertiary alicyclic amines) is 1. The maximum atomic E-state index is 13.1. The lowest BCUT2D eigenvalue weighted by molar-refractivity contribution is 0.143. The molecule has 8 nitrogen and oxygen atoms in total. The summed E-state index contributed by atoms with van der Waals surface area (Å²) < 4.78 is 10.9. The number of pyridine rings is 1. The number of urea groups is 1. The third kappa shape index (κ3) is 4.30. The van der Waals surface area contributed by atoms with E-state index < -0.39 is 0 Å². The highest BCUT2D eigenvalue weighted by Crippen LogP contribution is 2.46. The summed E-state index contributed by atoms with van der Waals surface area (Å²) in [4.78, 5) is 24.1. The molecule has 1 unspecified atom stereocenters. The fraction of sp³-hybridized carbons (Fsp3) is 0.417. The molecular formula is C24H27N5O3. The number of methoxy groups -OCH3 is 1. The van der Waals surface area contributed by atoms with Crippen LogP contribution >= 0.6 is 0 Å². The smallest absolute Gasteiger partial charge is 0.321 e. The van der Waals surface area contributed by atoms with E-state index in [0.29, 0.717) is 47.9 Å². The Morgan fingerprint density at radius 3 is 2.97 bits per heavy atom. The Morgan fingerprint density at radius 1 is 1.28 bits per heavy atom. The maximum Gasteiger partial charge on any atom is 0.321 e. The highest BCUT2D eigenvalue weighted by molar-refractivity contribution is 5.89. The van der Waals surface area contributed by atoms with Crippen LogP contribution in [0.4, 0.5) is 10.5 Å². The number of carbonyl (C=O) groups excluding carboxylic acids is 1. The minimum atomic E-state index is -0.304. The first-order valence-electron chi connectivity index (χ1n) is 11.1. The molecule has 1 N–H and O–H groups in total. The van der Waals surface area contributed by atoms with Crippen LogP contribution in [0.1, 0.15) is 37.9 Å². The Labute approximate surface area is 187 Å². The Bertz CT molecular complexity index is 1080. The molecule has 1 atom stereocenters. The van der Waals surface area contributed by atoms with Crippen molar-refractivity contribution in [3.05, 3.63) is 54.5 Å². The number of hydrogen-bond acceptors (Lipinski definition) is 6. The number of ether oxygens (including phenoxy) is 1. The number of anilines is 1. The van der Waals surface area contributed by atoms with Gasteiger partial charge in [0.1, 0.15) is 11.4 Å². The van der Waals surface area contributed by atoms with Crippen LogP contribution in [0, 0.1) is 5.92 Å². The lowest BCUT2D eigenvalue weighted by Crippen LogP contribution is -2.50. The van der Waals surface area contributed by atoms with Crippen LogP contribution in [-0.4, -0.2) is 46.3 Å². The first-order chi connectivity index (χ1) is 15.6. The molecule has 2 amide bonds. The first-order valence-corrected chi connectivity index (χ1v) is 11.1. The summed E-state index contributed by atoms with van der Waals surface area (Å²) >= 11 is 0. The number of benzene rings is 1. The summed E-state index contributed by atoms with van der Waals surface area (Å²) in [6.07, 6.45) is 6.96. The van der Waals surface area contributed by atoms with Gasteiger partial charge < -0.3 is 19.5 Å². The summed E-state index contributed by atoms with van der Waals surface area (Å²) in [5.74, 6) is 2.48. The SMILES string of the molecule is COc1cccc(NC(=O)N2CCCC(CC3CC3)(c3noc(-c4ccccn4)n3)C2)c1. The molecule has 2 fully saturated rings. The molecule has 1 saturated heterocycles. The molecule has 2 aliphatic rings. The standard InChI is InChI=1S/C24H27N5O3/c1-31-19-7-4-6-18(14-19)26-23(30)29-13-5-11-24(16-29,15-17-9-10-17)22-27-21(32-28-22)20-8-2-3-12-25-20/h2-4,6-8,12,14,17H,5,9-11,13,15-16H2,1H3,(H,26,30). The van der Waals surface area contributed by atoms with Crippen molar-refractivity contribution in [3.63, 3.8) is 0 Å². The third-order valence-corrected chi connectivity index (χ3v) is 6.35. The second-order valence-corrected chi connectivity index (χ2v) is 8.75. The molecule has 8 heteroatoms. The van der Waals surface area contributed by atoms with Gasteiger partial charge in [-0.2, -0.15) is 4.98 Å². The zero-order valence-electron chi connectivity index (χ0n) is 18.2. The molecule has 3 aromatic rings. The zero-order valence-corrected chi connectivity index (χ0v) is 18.2. The van der Waals surface area contributed by atoms with Gasteiger partial charge in [-0.3, -0.25) is 4.98 Å². The van der Waals surface area contributed by atoms with Crippen molar-refractivity contribution in [1.29, 1.82) is 0 Å². The van der Waals surface area contributed by atoms with Gasteiger partial charge in [0.05, 0.1) is 12.5 Å². The van der Waals surface area contributed by atoms with Gasteiger partial charge in [-0.05, 0) is 49.4 Å². The maximum absolute atomic E-state index is 13.1. The number of piperidine rings is 1. The minimum Gasteiger partial charge on any atom is -0.497 e. The molecule has 1 aliphatic heterocycles. The number of carbonyl (C=O) groups is 1. The molecule has 32 heavy (non-hydrogen) atoms. The molecule has 166 valence electrons. The topological polar surface area (TPSA) is 93.4 Å².